The summed E-state index contributed by atoms with van der Waals surface area (Å²) < 4.78 is 5.82. The fourth-order valence-corrected chi connectivity index (χ4v) is 7.25. The van der Waals surface area contributed by atoms with Gasteiger partial charge in [-0.2, -0.15) is 0 Å². The second-order valence-electron chi connectivity index (χ2n) is 4.31. The maximum atomic E-state index is 5.82. The molecule has 0 aromatic carbocycles. The highest BCUT2D eigenvalue weighted by Crippen LogP contribution is 2.58. The Morgan fingerprint density at radius 2 is 1.81 bits per heavy atom. The lowest BCUT2D eigenvalue weighted by Crippen LogP contribution is -2.13. The Morgan fingerprint density at radius 1 is 1.25 bits per heavy atom. The number of nitrogens with one attached hydrogen (secondary N) is 1. The Morgan fingerprint density at radius 3 is 2.19 bits per heavy atom. The van der Waals surface area contributed by atoms with E-state index in [2.05, 4.69) is 23.9 Å². The van der Waals surface area contributed by atoms with Crippen LogP contribution < -0.4 is 5.09 Å². The lowest BCUT2D eigenvalue weighted by atomic mass is 10.4. The van der Waals surface area contributed by atoms with E-state index < -0.39 is 5.62 Å². The van der Waals surface area contributed by atoms with E-state index in [1.807, 2.05) is 27.7 Å². The first-order valence-electron chi connectivity index (χ1n) is 5.51. The van der Waals surface area contributed by atoms with Crippen LogP contribution in [0.3, 0.4) is 0 Å². The molecule has 0 aromatic rings. The lowest BCUT2D eigenvalue weighted by molar-refractivity contribution is 0.274. The molecule has 0 fully saturated rings. The molecule has 0 saturated heterocycles. The third-order valence-electron chi connectivity index (χ3n) is 1.29. The molecule has 1 atom stereocenters. The van der Waals surface area contributed by atoms with Crippen LogP contribution in [0.15, 0.2) is 4.99 Å². The highest BCUT2D eigenvalue weighted by Gasteiger charge is 2.20. The molecule has 0 aliphatic heterocycles. The van der Waals surface area contributed by atoms with Crippen LogP contribution in [0.25, 0.3) is 0 Å². The minimum atomic E-state index is -2.04. The van der Waals surface area contributed by atoms with Crippen molar-refractivity contribution >= 4 is 35.1 Å². The number of hydrogen-bond donors (Lipinski definition) is 1. The van der Waals surface area contributed by atoms with E-state index in [1.165, 1.54) is 0 Å². The molecule has 0 amide bonds. The molecule has 96 valence electrons. The van der Waals surface area contributed by atoms with Crippen LogP contribution in [-0.4, -0.2) is 23.7 Å². The number of aliphatic imine (C=N–C) groups is 1. The summed E-state index contributed by atoms with van der Waals surface area (Å²) in [5.41, 5.74) is -2.04. The zero-order chi connectivity index (χ0) is 12.8. The number of nitrogens with zero attached hydrogens (tertiary/aromatic N) is 1. The third kappa shape index (κ3) is 8.57. The van der Waals surface area contributed by atoms with E-state index in [0.29, 0.717) is 5.25 Å². The monoisotopic (exact) mass is 282 g/mol. The average molecular weight is 282 g/mol. The highest BCUT2D eigenvalue weighted by atomic mass is 32.9. The van der Waals surface area contributed by atoms with Gasteiger partial charge >= 0.3 is 0 Å². The molecule has 3 nitrogen and oxygen atoms in total. The molecule has 0 rings (SSSR count). The molecule has 1 N–H and O–H groups in total. The van der Waals surface area contributed by atoms with Gasteiger partial charge < -0.3 is 9.61 Å². The molecule has 16 heavy (non-hydrogen) atoms. The summed E-state index contributed by atoms with van der Waals surface area (Å²) in [6, 6.07) is 0.277. The minimum absolute atomic E-state index is 0.136. The molecule has 0 bridgehead atoms. The number of rotatable bonds is 7. The highest BCUT2D eigenvalue weighted by molar-refractivity contribution is 8.69. The van der Waals surface area contributed by atoms with Crippen molar-refractivity contribution in [1.82, 2.24) is 5.09 Å². The molecule has 0 aliphatic rings. The maximum Gasteiger partial charge on any atom is 0.211 e. The van der Waals surface area contributed by atoms with Crippen molar-refractivity contribution in [3.05, 3.63) is 0 Å². The molecule has 0 saturated carbocycles. The second kappa shape index (κ2) is 7.70. The van der Waals surface area contributed by atoms with Gasteiger partial charge in [-0.3, -0.25) is 4.99 Å². The van der Waals surface area contributed by atoms with Gasteiger partial charge in [0.1, 0.15) is 0 Å². The summed E-state index contributed by atoms with van der Waals surface area (Å²) >= 11 is 7.24. The van der Waals surface area contributed by atoms with Crippen LogP contribution in [0.5, 0.6) is 0 Å². The Labute approximate surface area is 109 Å². The Hall–Kier alpha value is 0.430. The summed E-state index contributed by atoms with van der Waals surface area (Å²) in [5, 5.41) is 3.61. The lowest BCUT2D eigenvalue weighted by Gasteiger charge is -2.25. The molecular formula is C10H23N2OPS2. The molecule has 0 radical (unpaired) electrons. The number of hydrogen-bond acceptors (Lipinski definition) is 4. The van der Waals surface area contributed by atoms with Gasteiger partial charge in [0, 0.05) is 11.3 Å². The molecule has 6 heteroatoms. The average Bonchev–Trinajstić information content (AvgIpc) is 1.98. The van der Waals surface area contributed by atoms with Crippen molar-refractivity contribution in [2.75, 3.05) is 0 Å². The zero-order valence-electron chi connectivity index (χ0n) is 10.9. The fraction of sp³-hybridized carbons (Fsp3) is 0.900. The fourth-order valence-electron chi connectivity index (χ4n) is 0.894. The largest absolute Gasteiger partial charge is 0.324 e. The summed E-state index contributed by atoms with van der Waals surface area (Å²) in [4.78, 5) is 4.26. The van der Waals surface area contributed by atoms with Crippen LogP contribution in [-0.2, 0) is 16.3 Å². The van der Waals surface area contributed by atoms with Crippen molar-refractivity contribution in [3.8, 4) is 0 Å². The predicted molar refractivity (Wildman–Crippen MR) is 80.0 cm³/mol. The molecule has 0 spiro atoms. The van der Waals surface area contributed by atoms with Crippen LogP contribution in [0.1, 0.15) is 41.5 Å². The van der Waals surface area contributed by atoms with Crippen LogP contribution >= 0.6 is 17.0 Å². The van der Waals surface area contributed by atoms with Gasteiger partial charge in [-0.15, -0.1) is 0 Å². The summed E-state index contributed by atoms with van der Waals surface area (Å²) in [6.45, 7) is 12.3. The van der Waals surface area contributed by atoms with Crippen molar-refractivity contribution in [1.29, 1.82) is 0 Å². The Bertz CT molecular complexity index is 254. The van der Waals surface area contributed by atoms with Crippen molar-refractivity contribution in [3.63, 3.8) is 0 Å². The van der Waals surface area contributed by atoms with Gasteiger partial charge in [-0.1, -0.05) is 25.2 Å². The van der Waals surface area contributed by atoms with E-state index in [1.54, 1.807) is 17.7 Å². The van der Waals surface area contributed by atoms with Gasteiger partial charge in [0.2, 0.25) is 5.62 Å². The minimum Gasteiger partial charge on any atom is -0.324 e. The van der Waals surface area contributed by atoms with Crippen molar-refractivity contribution in [2.24, 2.45) is 4.99 Å². The zero-order valence-corrected chi connectivity index (χ0v) is 13.5. The first-order valence-corrected chi connectivity index (χ1v) is 9.72. The first-order chi connectivity index (χ1) is 7.25. The third-order valence-corrected chi connectivity index (χ3v) is 7.14. The van der Waals surface area contributed by atoms with Crippen molar-refractivity contribution in [2.45, 2.75) is 58.9 Å². The van der Waals surface area contributed by atoms with Crippen LogP contribution in [0, 0.1) is 0 Å². The van der Waals surface area contributed by atoms with Crippen LogP contribution in [0.4, 0.5) is 0 Å². The first kappa shape index (κ1) is 16.4. The predicted octanol–water partition coefficient (Wildman–Crippen LogP) is 3.80. The smallest absolute Gasteiger partial charge is 0.211 e. The van der Waals surface area contributed by atoms with Gasteiger partial charge in [0.25, 0.3) is 0 Å². The summed E-state index contributed by atoms with van der Waals surface area (Å²) in [7, 11) is 0. The van der Waals surface area contributed by atoms with E-state index >= 15 is 0 Å². The van der Waals surface area contributed by atoms with Gasteiger partial charge in [-0.05, 0) is 39.5 Å². The quantitative estimate of drug-likeness (QED) is 0.437. The molecule has 0 aromatic heterocycles. The molecule has 0 aliphatic carbocycles. The Kier molecular flexibility index (Phi) is 7.90. The second-order valence-corrected chi connectivity index (χ2v) is 11.3. The normalized spacial score (nSPS) is 16.3. The van der Waals surface area contributed by atoms with Gasteiger partial charge in [0.15, 0.2) is 0 Å². The van der Waals surface area contributed by atoms with E-state index in [0.717, 1.165) is 0 Å². The summed E-state index contributed by atoms with van der Waals surface area (Å²) in [5.74, 6) is 0. The van der Waals surface area contributed by atoms with E-state index in [-0.39, 0.29) is 12.1 Å². The molecule has 1 unspecified atom stereocenters. The topological polar surface area (TPSA) is 33.6 Å². The Balaban J connectivity index is 4.48. The van der Waals surface area contributed by atoms with Crippen LogP contribution in [0.2, 0.25) is 0 Å². The SMILES string of the molecule is CC(C)N=CNP(=S)(OC(C)C)SC(C)C. The standard InChI is InChI=1S/C10H23N2OPS2/c1-8(2)11-7-12-14(15,13-9(3)4)16-10(5)6/h7-10H,1-6H3,(H,11,12,15). The van der Waals surface area contributed by atoms with Gasteiger partial charge in [-0.25, -0.2) is 0 Å². The maximum absolute atomic E-state index is 5.82. The van der Waals surface area contributed by atoms with Gasteiger partial charge in [0.05, 0.1) is 12.4 Å². The van der Waals surface area contributed by atoms with E-state index in [9.17, 15) is 0 Å². The molecular weight excluding hydrogens is 259 g/mol. The summed E-state index contributed by atoms with van der Waals surface area (Å²) in [6.07, 6.45) is 1.83. The van der Waals surface area contributed by atoms with E-state index in [4.69, 9.17) is 16.3 Å². The van der Waals surface area contributed by atoms with Crippen molar-refractivity contribution < 1.29 is 4.52 Å². The molecule has 0 heterocycles.